The lowest BCUT2D eigenvalue weighted by Crippen LogP contribution is -2.50. The third kappa shape index (κ3) is 11.5. The van der Waals surface area contributed by atoms with Crippen LogP contribution in [0.2, 0.25) is 0 Å². The fourth-order valence-corrected chi connectivity index (χ4v) is 8.81. The monoisotopic (exact) mass is 911 g/mol. The van der Waals surface area contributed by atoms with Crippen molar-refractivity contribution in [1.29, 1.82) is 0 Å². The molecule has 0 spiro atoms. The standard InChI is InChI=1S/C56H57N5O7/c1-41-51-36-50(67-39-44-12-6-3-7-13-44)26-27-52(51)61(55(41)45-16-22-48(23-17-45)66-38-43-10-4-2-5-11-43)37-42-14-20-47(21-15-42)65-35-9-8-29-58-31-33-59(34-32-58)54(63)40-68-49-24-18-46(19-25-49)60-30-28-53(62)57-56(60)64/h2-7,10-27,36H,8-9,28-35,37-40H2,1H3,(H,57,62,64). The first-order chi connectivity index (χ1) is 33.3. The van der Waals surface area contributed by atoms with Gasteiger partial charge in [-0.25, -0.2) is 4.79 Å². The fraction of sp³-hybridized carbons (Fsp3) is 0.268. The van der Waals surface area contributed by atoms with Crippen LogP contribution in [-0.4, -0.2) is 84.7 Å². The molecule has 12 nitrogen and oxygen atoms in total. The van der Waals surface area contributed by atoms with E-state index in [9.17, 15) is 14.4 Å². The maximum Gasteiger partial charge on any atom is 0.328 e. The predicted molar refractivity (Wildman–Crippen MR) is 264 cm³/mol. The molecule has 0 aliphatic carbocycles. The number of carbonyl (C=O) groups is 3. The van der Waals surface area contributed by atoms with Crippen LogP contribution in [0.1, 0.15) is 41.5 Å². The number of amides is 4. The zero-order valence-electron chi connectivity index (χ0n) is 38.5. The van der Waals surface area contributed by atoms with Crippen LogP contribution in [-0.2, 0) is 29.3 Å². The van der Waals surface area contributed by atoms with E-state index < -0.39 is 6.03 Å². The SMILES string of the molecule is Cc1c(-c2ccc(OCc3ccccc3)cc2)n(Cc2ccc(OCCCCN3CCN(C(=O)COc4ccc(N5CCC(=O)NC5=O)cc4)CC3)cc2)c2ccc(OCc3ccccc3)cc12. The molecule has 2 saturated heterocycles. The second-order valence-corrected chi connectivity index (χ2v) is 17.3. The number of ether oxygens (including phenoxy) is 4. The number of piperazine rings is 1. The number of rotatable bonds is 19. The van der Waals surface area contributed by atoms with Crippen LogP contribution in [0.5, 0.6) is 23.0 Å². The Morgan fingerprint density at radius 2 is 1.21 bits per heavy atom. The predicted octanol–water partition coefficient (Wildman–Crippen LogP) is 9.65. The molecule has 9 rings (SSSR count). The third-order valence-electron chi connectivity index (χ3n) is 12.6. The Hall–Kier alpha value is -7.57. The Labute approximate surface area is 397 Å². The van der Waals surface area contributed by atoms with Crippen LogP contribution in [0.15, 0.2) is 152 Å². The van der Waals surface area contributed by atoms with Gasteiger partial charge in [0, 0.05) is 62.3 Å². The van der Waals surface area contributed by atoms with Crippen LogP contribution >= 0.6 is 0 Å². The van der Waals surface area contributed by atoms with Crippen molar-refractivity contribution in [3.05, 3.63) is 174 Å². The number of aryl methyl sites for hydroxylation is 1. The summed E-state index contributed by atoms with van der Waals surface area (Å²) in [6.45, 7) is 8.72. The van der Waals surface area contributed by atoms with Crippen molar-refractivity contribution in [2.24, 2.45) is 0 Å². The van der Waals surface area contributed by atoms with Crippen LogP contribution in [0.3, 0.4) is 0 Å². The van der Waals surface area contributed by atoms with E-state index in [0.717, 1.165) is 83.0 Å². The van der Waals surface area contributed by atoms with E-state index >= 15 is 0 Å². The lowest BCUT2D eigenvalue weighted by molar-refractivity contribution is -0.135. The second kappa shape index (κ2) is 21.8. The minimum absolute atomic E-state index is 0.0475. The molecular weight excluding hydrogens is 855 g/mol. The largest absolute Gasteiger partial charge is 0.494 e. The molecule has 4 amide bonds. The number of urea groups is 1. The van der Waals surface area contributed by atoms with Gasteiger partial charge in [0.2, 0.25) is 5.91 Å². The summed E-state index contributed by atoms with van der Waals surface area (Å²) in [6, 6.07) is 50.2. The molecule has 0 radical (unpaired) electrons. The minimum atomic E-state index is -0.436. The molecule has 0 atom stereocenters. The first kappa shape index (κ1) is 45.6. The molecule has 348 valence electrons. The maximum absolute atomic E-state index is 12.9. The summed E-state index contributed by atoms with van der Waals surface area (Å²) in [4.78, 5) is 42.3. The van der Waals surface area contributed by atoms with E-state index in [1.807, 2.05) is 41.3 Å². The first-order valence-corrected chi connectivity index (χ1v) is 23.5. The van der Waals surface area contributed by atoms with Crippen LogP contribution in [0, 0.1) is 6.92 Å². The van der Waals surface area contributed by atoms with Crippen molar-refractivity contribution >= 4 is 34.4 Å². The Bertz CT molecular complexity index is 2790. The van der Waals surface area contributed by atoms with Crippen molar-refractivity contribution in [2.75, 3.05) is 57.4 Å². The van der Waals surface area contributed by atoms with E-state index in [2.05, 4.69) is 113 Å². The number of benzene rings is 6. The first-order valence-electron chi connectivity index (χ1n) is 23.5. The van der Waals surface area contributed by atoms with Gasteiger partial charge in [-0.3, -0.25) is 24.7 Å². The van der Waals surface area contributed by atoms with E-state index in [1.54, 1.807) is 24.3 Å². The molecule has 6 aromatic carbocycles. The van der Waals surface area contributed by atoms with Gasteiger partial charge in [0.05, 0.1) is 12.3 Å². The van der Waals surface area contributed by atoms with E-state index in [4.69, 9.17) is 18.9 Å². The number of nitrogens with one attached hydrogen (secondary N) is 1. The third-order valence-corrected chi connectivity index (χ3v) is 12.6. The van der Waals surface area contributed by atoms with Crippen LogP contribution in [0.4, 0.5) is 10.5 Å². The summed E-state index contributed by atoms with van der Waals surface area (Å²) < 4.78 is 26.8. The molecule has 0 unspecified atom stereocenters. The number of carbonyl (C=O) groups excluding carboxylic acids is 3. The summed E-state index contributed by atoms with van der Waals surface area (Å²) in [7, 11) is 0. The highest BCUT2D eigenvalue weighted by Crippen LogP contribution is 2.37. The number of nitrogens with zero attached hydrogens (tertiary/aromatic N) is 4. The quantitative estimate of drug-likeness (QED) is 0.0799. The Morgan fingerprint density at radius 3 is 1.88 bits per heavy atom. The maximum atomic E-state index is 12.9. The van der Waals surface area contributed by atoms with E-state index in [1.165, 1.54) is 16.0 Å². The molecular formula is C56H57N5O7. The van der Waals surface area contributed by atoms with Gasteiger partial charge in [0.1, 0.15) is 36.2 Å². The average Bonchev–Trinajstić information content (AvgIpc) is 3.65. The highest BCUT2D eigenvalue weighted by molar-refractivity contribution is 6.05. The summed E-state index contributed by atoms with van der Waals surface area (Å²) >= 11 is 0. The van der Waals surface area contributed by atoms with Crippen molar-refractivity contribution in [2.45, 2.75) is 45.9 Å². The molecule has 1 aromatic heterocycles. The van der Waals surface area contributed by atoms with E-state index in [-0.39, 0.29) is 24.8 Å². The van der Waals surface area contributed by atoms with Gasteiger partial charge in [-0.1, -0.05) is 72.8 Å². The van der Waals surface area contributed by atoms with Gasteiger partial charge < -0.3 is 28.4 Å². The average molecular weight is 912 g/mol. The number of fused-ring (bicyclic) bond motifs is 1. The normalized spacial score (nSPS) is 14.2. The van der Waals surface area contributed by atoms with Crippen molar-refractivity contribution in [3.8, 4) is 34.3 Å². The Kier molecular flexibility index (Phi) is 14.6. The molecule has 2 aliphatic rings. The lowest BCUT2D eigenvalue weighted by Gasteiger charge is -2.34. The number of hydrogen-bond acceptors (Lipinski definition) is 8. The highest BCUT2D eigenvalue weighted by atomic mass is 16.5. The van der Waals surface area contributed by atoms with Crippen LogP contribution < -0.4 is 29.2 Å². The summed E-state index contributed by atoms with van der Waals surface area (Å²) in [5.41, 5.74) is 8.70. The molecule has 2 aliphatic heterocycles. The van der Waals surface area contributed by atoms with Gasteiger partial charge in [-0.15, -0.1) is 0 Å². The number of aromatic nitrogens is 1. The molecule has 7 aromatic rings. The zero-order valence-corrected chi connectivity index (χ0v) is 38.5. The Balaban J connectivity index is 0.748. The minimum Gasteiger partial charge on any atom is -0.494 e. The molecule has 0 saturated carbocycles. The topological polar surface area (TPSA) is 115 Å². The van der Waals surface area contributed by atoms with E-state index in [0.29, 0.717) is 57.4 Å². The molecule has 3 heterocycles. The Morgan fingerprint density at radius 1 is 0.603 bits per heavy atom. The second-order valence-electron chi connectivity index (χ2n) is 17.3. The number of anilines is 1. The van der Waals surface area contributed by atoms with Gasteiger partial charge in [-0.05, 0) is 133 Å². The smallest absolute Gasteiger partial charge is 0.328 e. The molecule has 2 fully saturated rings. The number of imide groups is 1. The number of unbranched alkanes of at least 4 members (excludes halogenated alkanes) is 1. The van der Waals surface area contributed by atoms with Gasteiger partial charge in [-0.2, -0.15) is 0 Å². The number of hydrogen-bond donors (Lipinski definition) is 1. The molecule has 68 heavy (non-hydrogen) atoms. The van der Waals surface area contributed by atoms with Crippen molar-refractivity contribution in [3.63, 3.8) is 0 Å². The summed E-state index contributed by atoms with van der Waals surface area (Å²) in [5.74, 6) is 2.75. The molecule has 12 heteroatoms. The fourth-order valence-electron chi connectivity index (χ4n) is 8.81. The summed E-state index contributed by atoms with van der Waals surface area (Å²) in [5, 5.41) is 3.48. The van der Waals surface area contributed by atoms with Crippen LogP contribution in [0.25, 0.3) is 22.2 Å². The molecule has 0 bridgehead atoms. The van der Waals surface area contributed by atoms with Crippen molar-refractivity contribution in [1.82, 2.24) is 19.7 Å². The van der Waals surface area contributed by atoms with Gasteiger partial charge >= 0.3 is 6.03 Å². The molecule has 1 N–H and O–H groups in total. The highest BCUT2D eigenvalue weighted by Gasteiger charge is 2.25. The van der Waals surface area contributed by atoms with Gasteiger partial charge in [0.15, 0.2) is 6.61 Å². The zero-order chi connectivity index (χ0) is 46.7. The summed E-state index contributed by atoms with van der Waals surface area (Å²) in [6.07, 6.45) is 2.19. The lowest BCUT2D eigenvalue weighted by atomic mass is 10.1. The van der Waals surface area contributed by atoms with Crippen molar-refractivity contribution < 1.29 is 33.3 Å². The van der Waals surface area contributed by atoms with Gasteiger partial charge in [0.25, 0.3) is 5.91 Å².